The smallest absolute Gasteiger partial charge is 0.338 e. The Bertz CT molecular complexity index is 1450. The van der Waals surface area contributed by atoms with Crippen LogP contribution < -0.4 is 14.8 Å². The molecule has 1 aliphatic heterocycles. The number of nitrogens with zero attached hydrogens (tertiary/aromatic N) is 3. The minimum absolute atomic E-state index is 0.0368. The minimum Gasteiger partial charge on any atom is -0.493 e. The Morgan fingerprint density at radius 2 is 1.84 bits per heavy atom. The van der Waals surface area contributed by atoms with Crippen LogP contribution in [-0.2, 0) is 16.1 Å². The van der Waals surface area contributed by atoms with E-state index in [-0.39, 0.29) is 19.0 Å². The Labute approximate surface area is 213 Å². The van der Waals surface area contributed by atoms with E-state index in [0.717, 1.165) is 5.56 Å². The van der Waals surface area contributed by atoms with Gasteiger partial charge in [0.05, 0.1) is 25.0 Å². The second kappa shape index (κ2) is 10.5. The molecule has 0 radical (unpaired) electrons. The van der Waals surface area contributed by atoms with Crippen molar-refractivity contribution in [1.29, 1.82) is 0 Å². The Morgan fingerprint density at radius 1 is 1.05 bits per heavy atom. The van der Waals surface area contributed by atoms with E-state index in [1.807, 2.05) is 36.4 Å². The van der Waals surface area contributed by atoms with Crippen molar-refractivity contribution >= 4 is 17.6 Å². The summed E-state index contributed by atoms with van der Waals surface area (Å²) in [5.74, 6) is 0.532. The molecule has 9 heteroatoms. The summed E-state index contributed by atoms with van der Waals surface area (Å²) in [7, 11) is 1.52. The molecular weight excluding hydrogens is 475 g/mol. The van der Waals surface area contributed by atoms with Crippen molar-refractivity contribution in [2.24, 2.45) is 0 Å². The average Bonchev–Trinajstić information content (AvgIpc) is 3.41. The van der Waals surface area contributed by atoms with E-state index in [2.05, 4.69) is 15.4 Å². The Hall–Kier alpha value is -4.66. The van der Waals surface area contributed by atoms with E-state index >= 15 is 0 Å². The first kappa shape index (κ1) is 24.1. The predicted molar refractivity (Wildman–Crippen MR) is 136 cm³/mol. The number of aromatic nitrogens is 3. The van der Waals surface area contributed by atoms with Crippen molar-refractivity contribution in [1.82, 2.24) is 14.8 Å². The van der Waals surface area contributed by atoms with Gasteiger partial charge in [-0.25, -0.2) is 13.9 Å². The number of carbonyl (C=O) groups excluding carboxylic acids is 1. The topological polar surface area (TPSA) is 87.5 Å². The lowest BCUT2D eigenvalue weighted by Crippen LogP contribution is -2.30. The van der Waals surface area contributed by atoms with Gasteiger partial charge in [0, 0.05) is 5.56 Å². The van der Waals surface area contributed by atoms with Crippen LogP contribution in [0.2, 0.25) is 0 Å². The van der Waals surface area contributed by atoms with E-state index in [0.29, 0.717) is 39.8 Å². The van der Waals surface area contributed by atoms with Crippen LogP contribution in [0.25, 0.3) is 5.70 Å². The van der Waals surface area contributed by atoms with Gasteiger partial charge in [-0.15, -0.1) is 0 Å². The molecule has 2 heterocycles. The molecule has 4 aromatic rings. The van der Waals surface area contributed by atoms with Crippen LogP contribution in [0.3, 0.4) is 0 Å². The average molecular weight is 501 g/mol. The van der Waals surface area contributed by atoms with Crippen molar-refractivity contribution in [3.05, 3.63) is 107 Å². The molecule has 0 unspecified atom stereocenters. The zero-order valence-corrected chi connectivity index (χ0v) is 20.3. The fourth-order valence-corrected chi connectivity index (χ4v) is 4.27. The number of halogens is 1. The molecule has 1 N–H and O–H groups in total. The van der Waals surface area contributed by atoms with Crippen molar-refractivity contribution in [3.63, 3.8) is 0 Å². The number of carbonyl (C=O) groups is 1. The maximum Gasteiger partial charge on any atom is 0.338 e. The van der Waals surface area contributed by atoms with E-state index in [4.69, 9.17) is 14.2 Å². The summed E-state index contributed by atoms with van der Waals surface area (Å²) in [6.45, 7) is 2.01. The van der Waals surface area contributed by atoms with Crippen LogP contribution in [-0.4, -0.2) is 34.5 Å². The number of nitrogens with one attached hydrogen (secondary N) is 1. The third-order valence-electron chi connectivity index (χ3n) is 6.00. The highest BCUT2D eigenvalue weighted by Gasteiger charge is 2.36. The van der Waals surface area contributed by atoms with Crippen LogP contribution in [0.4, 0.5) is 10.3 Å². The van der Waals surface area contributed by atoms with Gasteiger partial charge in [-0.3, -0.25) is 0 Å². The number of anilines is 1. The molecule has 5 rings (SSSR count). The number of ether oxygens (including phenoxy) is 3. The van der Waals surface area contributed by atoms with Gasteiger partial charge in [0.15, 0.2) is 11.5 Å². The number of rotatable bonds is 8. The largest absolute Gasteiger partial charge is 0.493 e. The van der Waals surface area contributed by atoms with Crippen LogP contribution in [0, 0.1) is 5.82 Å². The van der Waals surface area contributed by atoms with E-state index in [9.17, 15) is 9.18 Å². The molecule has 188 valence electrons. The highest BCUT2D eigenvalue weighted by atomic mass is 19.1. The summed E-state index contributed by atoms with van der Waals surface area (Å²) in [5.41, 5.74) is 2.91. The highest BCUT2D eigenvalue weighted by Crippen LogP contribution is 2.41. The molecular formula is C28H25FN4O4. The summed E-state index contributed by atoms with van der Waals surface area (Å²) in [5, 5.41) is 7.63. The minimum atomic E-state index is -0.650. The molecule has 37 heavy (non-hydrogen) atoms. The van der Waals surface area contributed by atoms with Gasteiger partial charge >= 0.3 is 5.97 Å². The third kappa shape index (κ3) is 4.75. The molecule has 8 nitrogen and oxygen atoms in total. The van der Waals surface area contributed by atoms with E-state index < -0.39 is 12.0 Å². The van der Waals surface area contributed by atoms with Crippen molar-refractivity contribution in [2.75, 3.05) is 19.0 Å². The molecule has 0 aliphatic carbocycles. The first-order valence-electron chi connectivity index (χ1n) is 11.8. The van der Waals surface area contributed by atoms with Gasteiger partial charge < -0.3 is 19.5 Å². The van der Waals surface area contributed by atoms with Gasteiger partial charge in [0.1, 0.15) is 24.8 Å². The fraction of sp³-hybridized carbons (Fsp3) is 0.179. The number of methoxy groups -OCH3 is 1. The van der Waals surface area contributed by atoms with Crippen molar-refractivity contribution < 1.29 is 23.4 Å². The molecule has 1 atom stereocenters. The standard InChI is InChI=1S/C28H25FN4O4/c1-3-36-27(34)24-25(18-9-5-4-6-10-18)32-28-30-17-31-33(28)26(24)19-13-14-22(23(15-19)35-2)37-16-20-11-7-8-12-21(20)29/h4-15,17,26H,3,16H2,1-2H3,(H,30,31,32)/t26-/m0/s1. The SMILES string of the molecule is CCOC(=O)C1=C(c2ccccc2)Nc2ncnn2[C@H]1c1ccc(OCc2ccccc2F)c(OC)c1. The van der Waals surface area contributed by atoms with Gasteiger partial charge in [-0.2, -0.15) is 10.1 Å². The van der Waals surface area contributed by atoms with Crippen molar-refractivity contribution in [3.8, 4) is 11.5 Å². The Balaban J connectivity index is 1.58. The normalized spacial score (nSPS) is 14.5. The summed E-state index contributed by atoms with van der Waals surface area (Å²) in [4.78, 5) is 17.7. The first-order chi connectivity index (χ1) is 18.1. The maximum absolute atomic E-state index is 14.1. The summed E-state index contributed by atoms with van der Waals surface area (Å²) in [6, 6.07) is 20.6. The summed E-state index contributed by atoms with van der Waals surface area (Å²) >= 11 is 0. The lowest BCUT2D eigenvalue weighted by atomic mass is 9.92. The van der Waals surface area contributed by atoms with Gasteiger partial charge in [-0.05, 0) is 36.2 Å². The summed E-state index contributed by atoms with van der Waals surface area (Å²) in [6.07, 6.45) is 1.43. The number of hydrogen-bond acceptors (Lipinski definition) is 7. The summed E-state index contributed by atoms with van der Waals surface area (Å²) < 4.78 is 32.7. The highest BCUT2D eigenvalue weighted by molar-refractivity contribution is 6.02. The maximum atomic E-state index is 14.1. The lowest BCUT2D eigenvalue weighted by molar-refractivity contribution is -0.138. The second-order valence-corrected chi connectivity index (χ2v) is 8.22. The molecule has 0 bridgehead atoms. The molecule has 0 spiro atoms. The Kier molecular flexibility index (Phi) is 6.85. The quantitative estimate of drug-likeness (QED) is 0.341. The molecule has 1 aliphatic rings. The number of fused-ring (bicyclic) bond motifs is 1. The predicted octanol–water partition coefficient (Wildman–Crippen LogP) is 4.99. The van der Waals surface area contributed by atoms with Crippen LogP contribution in [0.5, 0.6) is 11.5 Å². The fourth-order valence-electron chi connectivity index (χ4n) is 4.27. The van der Waals surface area contributed by atoms with Crippen molar-refractivity contribution in [2.45, 2.75) is 19.6 Å². The van der Waals surface area contributed by atoms with Crippen LogP contribution in [0.1, 0.15) is 29.7 Å². The molecule has 0 amide bonds. The van der Waals surface area contributed by atoms with Gasteiger partial charge in [0.25, 0.3) is 0 Å². The molecule has 0 saturated carbocycles. The van der Waals surface area contributed by atoms with Crippen LogP contribution >= 0.6 is 0 Å². The zero-order chi connectivity index (χ0) is 25.8. The van der Waals surface area contributed by atoms with Crippen LogP contribution in [0.15, 0.2) is 84.7 Å². The monoisotopic (exact) mass is 500 g/mol. The van der Waals surface area contributed by atoms with Gasteiger partial charge in [-0.1, -0.05) is 54.6 Å². The zero-order valence-electron chi connectivity index (χ0n) is 20.3. The van der Waals surface area contributed by atoms with E-state index in [1.165, 1.54) is 19.5 Å². The van der Waals surface area contributed by atoms with E-state index in [1.54, 1.807) is 41.9 Å². The second-order valence-electron chi connectivity index (χ2n) is 8.22. The molecule has 1 aromatic heterocycles. The third-order valence-corrected chi connectivity index (χ3v) is 6.00. The molecule has 0 saturated heterocycles. The lowest BCUT2D eigenvalue weighted by Gasteiger charge is -2.30. The number of hydrogen-bond donors (Lipinski definition) is 1. The Morgan fingerprint density at radius 3 is 2.59 bits per heavy atom. The first-order valence-corrected chi connectivity index (χ1v) is 11.8. The van der Waals surface area contributed by atoms with Gasteiger partial charge in [0.2, 0.25) is 5.95 Å². The number of benzene rings is 3. The molecule has 0 fully saturated rings. The number of esters is 1. The molecule has 3 aromatic carbocycles.